The first kappa shape index (κ1) is 12.5. The van der Waals surface area contributed by atoms with Crippen LogP contribution < -0.4 is 5.56 Å². The lowest BCUT2D eigenvalue weighted by atomic mass is 10.1. The Morgan fingerprint density at radius 3 is 2.69 bits per heavy atom. The molecule has 0 fully saturated rings. The van der Waals surface area contributed by atoms with Crippen LogP contribution in [0.1, 0.15) is 31.0 Å². The maximum Gasteiger partial charge on any atom is 0.268 e. The van der Waals surface area contributed by atoms with Crippen LogP contribution in [-0.2, 0) is 11.3 Å². The Hall–Kier alpha value is -1.60. The molecule has 0 radical (unpaired) electrons. The Balaban J connectivity index is 3.27. The van der Waals surface area contributed by atoms with Crippen molar-refractivity contribution >= 4 is 0 Å². The van der Waals surface area contributed by atoms with E-state index in [9.17, 15) is 4.79 Å². The monoisotopic (exact) mass is 220 g/mol. The fraction of sp³-hybridized carbons (Fsp3) is 0.500. The minimum absolute atomic E-state index is 0.181. The molecular formula is C12H16N2O2. The van der Waals surface area contributed by atoms with E-state index in [-0.39, 0.29) is 17.0 Å². The Morgan fingerprint density at radius 1 is 1.50 bits per heavy atom. The van der Waals surface area contributed by atoms with Crippen LogP contribution in [0.2, 0.25) is 0 Å². The van der Waals surface area contributed by atoms with Crippen LogP contribution in [0.25, 0.3) is 0 Å². The highest BCUT2D eigenvalue weighted by molar-refractivity contribution is 5.28. The lowest BCUT2D eigenvalue weighted by Gasteiger charge is -2.15. The summed E-state index contributed by atoms with van der Waals surface area (Å²) in [6.45, 7) is 4.99. The van der Waals surface area contributed by atoms with Gasteiger partial charge in [-0.2, -0.15) is 5.26 Å². The lowest BCUT2D eigenvalue weighted by molar-refractivity contribution is 0.185. The fourth-order valence-corrected chi connectivity index (χ4v) is 1.60. The number of hydrogen-bond acceptors (Lipinski definition) is 3. The Bertz CT molecular complexity index is 455. The summed E-state index contributed by atoms with van der Waals surface area (Å²) in [6.07, 6.45) is 0. The summed E-state index contributed by atoms with van der Waals surface area (Å²) in [4.78, 5) is 11.9. The molecule has 0 aliphatic rings. The SMILES string of the molecule is COCCn1c(C(C)C)ccc(C#N)c1=O. The molecule has 0 bridgehead atoms. The van der Waals surface area contributed by atoms with Crippen molar-refractivity contribution < 1.29 is 4.74 Å². The highest BCUT2D eigenvalue weighted by atomic mass is 16.5. The van der Waals surface area contributed by atoms with Crippen molar-refractivity contribution in [2.45, 2.75) is 26.3 Å². The molecule has 1 rings (SSSR count). The molecule has 0 saturated carbocycles. The molecule has 16 heavy (non-hydrogen) atoms. The van der Waals surface area contributed by atoms with Crippen LogP contribution in [-0.4, -0.2) is 18.3 Å². The first-order valence-corrected chi connectivity index (χ1v) is 5.24. The summed E-state index contributed by atoms with van der Waals surface area (Å²) in [7, 11) is 1.59. The van der Waals surface area contributed by atoms with Gasteiger partial charge in [0.25, 0.3) is 5.56 Å². The molecule has 1 aromatic rings. The zero-order valence-corrected chi connectivity index (χ0v) is 9.86. The summed E-state index contributed by atoms with van der Waals surface area (Å²) in [5, 5.41) is 8.80. The normalized spacial score (nSPS) is 10.4. The molecule has 4 heteroatoms. The molecule has 0 spiro atoms. The second kappa shape index (κ2) is 5.47. The number of rotatable bonds is 4. The summed E-state index contributed by atoms with van der Waals surface area (Å²) in [5.74, 6) is 0.247. The van der Waals surface area contributed by atoms with Crippen molar-refractivity contribution in [3.05, 3.63) is 33.7 Å². The van der Waals surface area contributed by atoms with Crippen molar-refractivity contribution in [2.24, 2.45) is 0 Å². The maximum absolute atomic E-state index is 11.9. The number of aromatic nitrogens is 1. The molecule has 0 atom stereocenters. The van der Waals surface area contributed by atoms with Crippen LogP contribution in [0.4, 0.5) is 0 Å². The van der Waals surface area contributed by atoms with Gasteiger partial charge in [-0.1, -0.05) is 13.8 Å². The van der Waals surface area contributed by atoms with Gasteiger partial charge in [-0.3, -0.25) is 4.79 Å². The average Bonchev–Trinajstić information content (AvgIpc) is 2.26. The third-order valence-corrected chi connectivity index (χ3v) is 2.44. The van der Waals surface area contributed by atoms with E-state index in [1.54, 1.807) is 17.7 Å². The molecule has 1 aromatic heterocycles. The Labute approximate surface area is 95.1 Å². The Kier molecular flexibility index (Phi) is 4.27. The highest BCUT2D eigenvalue weighted by Gasteiger charge is 2.10. The van der Waals surface area contributed by atoms with Crippen molar-refractivity contribution in [1.29, 1.82) is 5.26 Å². The fourth-order valence-electron chi connectivity index (χ4n) is 1.60. The van der Waals surface area contributed by atoms with Gasteiger partial charge in [0.15, 0.2) is 0 Å². The number of ether oxygens (including phenoxy) is 1. The molecule has 0 aliphatic carbocycles. The minimum Gasteiger partial charge on any atom is -0.383 e. The lowest BCUT2D eigenvalue weighted by Crippen LogP contribution is -2.27. The summed E-state index contributed by atoms with van der Waals surface area (Å²) in [6, 6.07) is 5.32. The van der Waals surface area contributed by atoms with Crippen LogP contribution in [0.15, 0.2) is 16.9 Å². The summed E-state index contributed by atoms with van der Waals surface area (Å²) in [5.41, 5.74) is 0.882. The van der Waals surface area contributed by atoms with E-state index >= 15 is 0 Å². The summed E-state index contributed by atoms with van der Waals surface area (Å²) < 4.78 is 6.58. The van der Waals surface area contributed by atoms with Gasteiger partial charge >= 0.3 is 0 Å². The zero-order chi connectivity index (χ0) is 12.1. The largest absolute Gasteiger partial charge is 0.383 e. The van der Waals surface area contributed by atoms with Gasteiger partial charge in [0.1, 0.15) is 11.6 Å². The number of methoxy groups -OCH3 is 1. The molecule has 0 unspecified atom stereocenters. The third-order valence-electron chi connectivity index (χ3n) is 2.44. The van der Waals surface area contributed by atoms with Gasteiger partial charge < -0.3 is 9.30 Å². The van der Waals surface area contributed by atoms with Gasteiger partial charge in [0, 0.05) is 19.3 Å². The number of hydrogen-bond donors (Lipinski definition) is 0. The molecule has 0 saturated heterocycles. The van der Waals surface area contributed by atoms with Gasteiger partial charge in [0.05, 0.1) is 6.61 Å². The van der Waals surface area contributed by atoms with Crippen molar-refractivity contribution in [3.8, 4) is 6.07 Å². The first-order chi connectivity index (χ1) is 7.61. The van der Waals surface area contributed by atoms with E-state index in [2.05, 4.69) is 0 Å². The topological polar surface area (TPSA) is 55.0 Å². The van der Waals surface area contributed by atoms with E-state index in [0.29, 0.717) is 13.2 Å². The highest BCUT2D eigenvalue weighted by Crippen LogP contribution is 2.12. The average molecular weight is 220 g/mol. The van der Waals surface area contributed by atoms with Crippen LogP contribution in [0.3, 0.4) is 0 Å². The van der Waals surface area contributed by atoms with Gasteiger partial charge in [-0.25, -0.2) is 0 Å². The van der Waals surface area contributed by atoms with E-state index in [1.807, 2.05) is 26.0 Å². The predicted molar refractivity (Wildman–Crippen MR) is 61.4 cm³/mol. The first-order valence-electron chi connectivity index (χ1n) is 5.24. The van der Waals surface area contributed by atoms with E-state index in [1.165, 1.54) is 0 Å². The smallest absolute Gasteiger partial charge is 0.268 e. The molecular weight excluding hydrogens is 204 g/mol. The minimum atomic E-state index is -0.231. The van der Waals surface area contributed by atoms with Crippen molar-refractivity contribution in [1.82, 2.24) is 4.57 Å². The molecule has 0 N–H and O–H groups in total. The molecule has 0 amide bonds. The molecule has 0 aromatic carbocycles. The maximum atomic E-state index is 11.9. The van der Waals surface area contributed by atoms with Crippen molar-refractivity contribution in [3.63, 3.8) is 0 Å². The van der Waals surface area contributed by atoms with Gasteiger partial charge in [-0.05, 0) is 18.1 Å². The predicted octanol–water partition coefficient (Wildman–Crippen LogP) is 1.49. The second-order valence-corrected chi connectivity index (χ2v) is 3.89. The number of pyridine rings is 1. The standard InChI is InChI=1S/C12H16N2O2/c1-9(2)11-5-4-10(8-13)12(15)14(11)6-7-16-3/h4-5,9H,6-7H2,1-3H3. The Morgan fingerprint density at radius 2 is 2.19 bits per heavy atom. The van der Waals surface area contributed by atoms with E-state index in [4.69, 9.17) is 10.00 Å². The molecule has 4 nitrogen and oxygen atoms in total. The van der Waals surface area contributed by atoms with Gasteiger partial charge in [-0.15, -0.1) is 0 Å². The summed E-state index contributed by atoms with van der Waals surface area (Å²) >= 11 is 0. The third kappa shape index (κ3) is 2.50. The molecule has 1 heterocycles. The van der Waals surface area contributed by atoms with Crippen LogP contribution >= 0.6 is 0 Å². The molecule has 0 aliphatic heterocycles. The number of nitrogens with zero attached hydrogens (tertiary/aromatic N) is 2. The zero-order valence-electron chi connectivity index (χ0n) is 9.86. The molecule has 86 valence electrons. The second-order valence-electron chi connectivity index (χ2n) is 3.89. The van der Waals surface area contributed by atoms with Crippen molar-refractivity contribution in [2.75, 3.05) is 13.7 Å². The van der Waals surface area contributed by atoms with Gasteiger partial charge in [0.2, 0.25) is 0 Å². The van der Waals surface area contributed by atoms with Crippen LogP contribution in [0, 0.1) is 11.3 Å². The van der Waals surface area contributed by atoms with E-state index < -0.39 is 0 Å². The van der Waals surface area contributed by atoms with Crippen LogP contribution in [0.5, 0.6) is 0 Å². The van der Waals surface area contributed by atoms with E-state index in [0.717, 1.165) is 5.69 Å². The number of nitriles is 1. The quantitative estimate of drug-likeness (QED) is 0.772.